The first-order valence-corrected chi connectivity index (χ1v) is 5.92. The molecule has 19 heavy (non-hydrogen) atoms. The normalized spacial score (nSPS) is 10.6. The van der Waals surface area contributed by atoms with E-state index in [1.54, 1.807) is 25.6 Å². The van der Waals surface area contributed by atoms with Crippen molar-refractivity contribution in [2.75, 3.05) is 20.3 Å². The van der Waals surface area contributed by atoms with Gasteiger partial charge in [-0.25, -0.2) is 19.3 Å². The summed E-state index contributed by atoms with van der Waals surface area (Å²) in [6, 6.07) is 2.90. The molecule has 1 N–H and O–H groups in total. The zero-order chi connectivity index (χ0) is 13.5. The predicted octanol–water partition coefficient (Wildman–Crippen LogP) is 1.41. The van der Waals surface area contributed by atoms with Gasteiger partial charge in [0.2, 0.25) is 0 Å². The lowest BCUT2D eigenvalue weighted by atomic mass is 10.3. The summed E-state index contributed by atoms with van der Waals surface area (Å²) in [7, 11) is 1.66. The van der Waals surface area contributed by atoms with Crippen molar-refractivity contribution in [1.82, 2.24) is 20.3 Å². The summed E-state index contributed by atoms with van der Waals surface area (Å²) in [4.78, 5) is 12.4. The average Bonchev–Trinajstić information content (AvgIpc) is 2.45. The van der Waals surface area contributed by atoms with Crippen molar-refractivity contribution in [3.8, 4) is 11.5 Å². The van der Waals surface area contributed by atoms with Gasteiger partial charge in [0, 0.05) is 38.2 Å². The van der Waals surface area contributed by atoms with Gasteiger partial charge in [0.15, 0.2) is 5.82 Å². The molecule has 0 aliphatic carbocycles. The Labute approximate surface area is 110 Å². The molecule has 0 spiro atoms. The number of methoxy groups -OCH3 is 1. The first kappa shape index (κ1) is 13.5. The SMILES string of the molecule is COCCNCc1cnc(-c2ccc(F)cn2)nc1. The molecule has 2 rings (SSSR count). The van der Waals surface area contributed by atoms with Gasteiger partial charge in [-0.05, 0) is 12.1 Å². The Morgan fingerprint density at radius 3 is 2.58 bits per heavy atom. The highest BCUT2D eigenvalue weighted by Gasteiger charge is 2.03. The molecule has 2 aromatic heterocycles. The van der Waals surface area contributed by atoms with Gasteiger partial charge in [-0.2, -0.15) is 0 Å². The number of halogens is 1. The summed E-state index contributed by atoms with van der Waals surface area (Å²) in [5, 5.41) is 3.20. The second kappa shape index (κ2) is 6.86. The maximum Gasteiger partial charge on any atom is 0.178 e. The molecule has 0 fully saturated rings. The molecule has 5 nitrogen and oxygen atoms in total. The number of hydrogen-bond donors (Lipinski definition) is 1. The number of nitrogens with zero attached hydrogens (tertiary/aromatic N) is 3. The molecule has 0 amide bonds. The summed E-state index contributed by atoms with van der Waals surface area (Å²) in [6.45, 7) is 2.12. The van der Waals surface area contributed by atoms with Crippen LogP contribution in [0.1, 0.15) is 5.56 Å². The number of ether oxygens (including phenoxy) is 1. The molecule has 0 saturated carbocycles. The molecule has 0 atom stereocenters. The Morgan fingerprint density at radius 1 is 1.16 bits per heavy atom. The predicted molar refractivity (Wildman–Crippen MR) is 68.8 cm³/mol. The highest BCUT2D eigenvalue weighted by atomic mass is 19.1. The summed E-state index contributed by atoms with van der Waals surface area (Å²) >= 11 is 0. The van der Waals surface area contributed by atoms with Crippen LogP contribution in [0.5, 0.6) is 0 Å². The number of rotatable bonds is 6. The monoisotopic (exact) mass is 262 g/mol. The maximum atomic E-state index is 12.7. The Bertz CT molecular complexity index is 501. The fraction of sp³-hybridized carbons (Fsp3) is 0.308. The van der Waals surface area contributed by atoms with Crippen LogP contribution in [0.15, 0.2) is 30.7 Å². The number of aromatic nitrogens is 3. The largest absolute Gasteiger partial charge is 0.383 e. The van der Waals surface area contributed by atoms with Gasteiger partial charge in [0.05, 0.1) is 12.8 Å². The molecule has 0 radical (unpaired) electrons. The minimum atomic E-state index is -0.372. The summed E-state index contributed by atoms with van der Waals surface area (Å²) < 4.78 is 17.7. The van der Waals surface area contributed by atoms with E-state index in [2.05, 4.69) is 20.3 Å². The van der Waals surface area contributed by atoms with E-state index in [9.17, 15) is 4.39 Å². The smallest absolute Gasteiger partial charge is 0.178 e. The van der Waals surface area contributed by atoms with Crippen LogP contribution in [0.3, 0.4) is 0 Å². The Balaban J connectivity index is 1.96. The molecule has 0 aliphatic rings. The third kappa shape index (κ3) is 4.04. The molecule has 0 aliphatic heterocycles. The minimum Gasteiger partial charge on any atom is -0.383 e. The van der Waals surface area contributed by atoms with E-state index in [1.165, 1.54) is 6.07 Å². The summed E-state index contributed by atoms with van der Waals surface area (Å²) in [5.74, 6) is 0.114. The molecular weight excluding hydrogens is 247 g/mol. The molecular formula is C13H15FN4O. The molecule has 0 unspecified atom stereocenters. The van der Waals surface area contributed by atoms with Gasteiger partial charge in [0.25, 0.3) is 0 Å². The van der Waals surface area contributed by atoms with Crippen LogP contribution in [0.2, 0.25) is 0 Å². The van der Waals surface area contributed by atoms with Gasteiger partial charge < -0.3 is 10.1 Å². The standard InChI is InChI=1S/C13H15FN4O/c1-19-5-4-15-6-10-7-17-13(18-8-10)12-3-2-11(14)9-16-12/h2-3,7-9,15H,4-6H2,1H3. The Morgan fingerprint density at radius 2 is 1.95 bits per heavy atom. The zero-order valence-electron chi connectivity index (χ0n) is 10.6. The van der Waals surface area contributed by atoms with Gasteiger partial charge in [-0.15, -0.1) is 0 Å². The van der Waals surface area contributed by atoms with Crippen LogP contribution < -0.4 is 5.32 Å². The lowest BCUT2D eigenvalue weighted by Gasteiger charge is -2.04. The second-order valence-corrected chi connectivity index (χ2v) is 3.95. The van der Waals surface area contributed by atoms with Crippen molar-refractivity contribution in [3.05, 3.63) is 42.1 Å². The maximum absolute atomic E-state index is 12.7. The Kier molecular flexibility index (Phi) is 4.88. The topological polar surface area (TPSA) is 59.9 Å². The van der Waals surface area contributed by atoms with Crippen molar-refractivity contribution < 1.29 is 9.13 Å². The van der Waals surface area contributed by atoms with E-state index in [-0.39, 0.29) is 5.82 Å². The van der Waals surface area contributed by atoms with Crippen molar-refractivity contribution in [2.24, 2.45) is 0 Å². The first-order chi connectivity index (χ1) is 9.29. The zero-order valence-corrected chi connectivity index (χ0v) is 10.6. The fourth-order valence-electron chi connectivity index (χ4n) is 1.49. The minimum absolute atomic E-state index is 0.372. The van der Waals surface area contributed by atoms with Crippen LogP contribution in [-0.2, 0) is 11.3 Å². The molecule has 100 valence electrons. The van der Waals surface area contributed by atoms with Crippen LogP contribution >= 0.6 is 0 Å². The molecule has 2 aromatic rings. The number of nitrogens with one attached hydrogen (secondary N) is 1. The van der Waals surface area contributed by atoms with Crippen LogP contribution in [-0.4, -0.2) is 35.2 Å². The molecule has 0 saturated heterocycles. The van der Waals surface area contributed by atoms with Crippen LogP contribution in [0.25, 0.3) is 11.5 Å². The van der Waals surface area contributed by atoms with Gasteiger partial charge in [-0.1, -0.05) is 0 Å². The first-order valence-electron chi connectivity index (χ1n) is 5.92. The molecule has 0 aromatic carbocycles. The van der Waals surface area contributed by atoms with Crippen molar-refractivity contribution in [2.45, 2.75) is 6.54 Å². The third-order valence-electron chi connectivity index (χ3n) is 2.47. The second-order valence-electron chi connectivity index (χ2n) is 3.95. The van der Waals surface area contributed by atoms with Crippen molar-refractivity contribution >= 4 is 0 Å². The lowest BCUT2D eigenvalue weighted by molar-refractivity contribution is 0.199. The molecule has 6 heteroatoms. The summed E-state index contributed by atoms with van der Waals surface area (Å²) in [6.07, 6.45) is 4.61. The van der Waals surface area contributed by atoms with Gasteiger partial charge in [-0.3, -0.25) is 0 Å². The van der Waals surface area contributed by atoms with Gasteiger partial charge in [0.1, 0.15) is 11.5 Å². The van der Waals surface area contributed by atoms with Crippen LogP contribution in [0.4, 0.5) is 4.39 Å². The summed E-state index contributed by atoms with van der Waals surface area (Å²) in [5.41, 5.74) is 1.53. The third-order valence-corrected chi connectivity index (χ3v) is 2.47. The van der Waals surface area contributed by atoms with Gasteiger partial charge >= 0.3 is 0 Å². The Hall–Kier alpha value is -1.92. The van der Waals surface area contributed by atoms with E-state index in [4.69, 9.17) is 4.74 Å². The highest BCUT2D eigenvalue weighted by Crippen LogP contribution is 2.11. The van der Waals surface area contributed by atoms with Crippen molar-refractivity contribution in [1.29, 1.82) is 0 Å². The van der Waals surface area contributed by atoms with Crippen molar-refractivity contribution in [3.63, 3.8) is 0 Å². The van der Waals surface area contributed by atoms with E-state index >= 15 is 0 Å². The molecule has 0 bridgehead atoms. The number of pyridine rings is 1. The lowest BCUT2D eigenvalue weighted by Crippen LogP contribution is -2.18. The average molecular weight is 262 g/mol. The van der Waals surface area contributed by atoms with Crippen LogP contribution in [0, 0.1) is 5.82 Å². The number of hydrogen-bond acceptors (Lipinski definition) is 5. The fourth-order valence-corrected chi connectivity index (χ4v) is 1.49. The van der Waals surface area contributed by atoms with E-state index in [0.717, 1.165) is 18.3 Å². The van der Waals surface area contributed by atoms with E-state index in [0.29, 0.717) is 24.7 Å². The van der Waals surface area contributed by atoms with E-state index in [1.807, 2.05) is 0 Å². The quantitative estimate of drug-likeness (QED) is 0.798. The van der Waals surface area contributed by atoms with E-state index < -0.39 is 0 Å². The molecule has 2 heterocycles. The highest BCUT2D eigenvalue weighted by molar-refractivity contribution is 5.47.